The maximum absolute atomic E-state index is 12.1. The minimum atomic E-state index is -4.70. The molecule has 0 saturated heterocycles. The van der Waals surface area contributed by atoms with Gasteiger partial charge < -0.3 is 4.57 Å². The number of para-hydroxylation sites is 2. The fourth-order valence-electron chi connectivity index (χ4n) is 3.14. The van der Waals surface area contributed by atoms with Crippen LogP contribution in [0.2, 0.25) is 0 Å². The van der Waals surface area contributed by atoms with Crippen molar-refractivity contribution in [3.63, 3.8) is 0 Å². The van der Waals surface area contributed by atoms with Gasteiger partial charge in [-0.15, -0.1) is 0 Å². The molecule has 0 bridgehead atoms. The Morgan fingerprint density at radius 2 is 1.46 bits per heavy atom. The van der Waals surface area contributed by atoms with Crippen LogP contribution in [0.1, 0.15) is 19.3 Å². The average Bonchev–Trinajstić information content (AvgIpc) is 2.94. The van der Waals surface area contributed by atoms with E-state index in [4.69, 9.17) is 0 Å². The van der Waals surface area contributed by atoms with Gasteiger partial charge in [0.25, 0.3) is 0 Å². The zero-order valence-electron chi connectivity index (χ0n) is 14.3. The van der Waals surface area contributed by atoms with Crippen molar-refractivity contribution in [1.29, 1.82) is 0 Å². The van der Waals surface area contributed by atoms with Crippen LogP contribution < -0.4 is 0 Å². The Kier molecular flexibility index (Phi) is 5.91. The van der Waals surface area contributed by atoms with Gasteiger partial charge in [-0.2, -0.15) is 24.9 Å². The van der Waals surface area contributed by atoms with Crippen molar-refractivity contribution in [3.05, 3.63) is 48.5 Å². The lowest BCUT2D eigenvalue weighted by molar-refractivity contribution is -0.167. The van der Waals surface area contributed by atoms with E-state index in [9.17, 15) is 18.0 Å². The number of rotatable bonds is 8. The van der Waals surface area contributed by atoms with Crippen LogP contribution in [-0.4, -0.2) is 28.0 Å². The Morgan fingerprint density at radius 3 is 2.04 bits per heavy atom. The number of Topliss-reactive ketones (excluding diaryl/α,β-unsaturated/α-hetero) is 1. The standard InChI is InChI=1S/C20H20F3NOS/c21-20(22,23)19(25)14-26-13-7-1-6-12-24-17-10-4-2-8-15(17)16-9-3-5-11-18(16)24/h2-5,8-11H,1,6-7,12-14H2. The molecule has 0 atom stereocenters. The predicted octanol–water partition coefficient (Wildman–Crippen LogP) is 5.83. The lowest BCUT2D eigenvalue weighted by atomic mass is 10.2. The van der Waals surface area contributed by atoms with E-state index in [2.05, 4.69) is 28.8 Å². The smallest absolute Gasteiger partial charge is 0.340 e. The molecule has 0 aliphatic carbocycles. The van der Waals surface area contributed by atoms with Crippen molar-refractivity contribution in [2.24, 2.45) is 0 Å². The van der Waals surface area contributed by atoms with Crippen molar-refractivity contribution in [2.75, 3.05) is 11.5 Å². The molecule has 2 nitrogen and oxygen atoms in total. The molecule has 3 aromatic rings. The normalized spacial score (nSPS) is 12.1. The Balaban J connectivity index is 1.52. The maximum atomic E-state index is 12.1. The average molecular weight is 379 g/mol. The van der Waals surface area contributed by atoms with Crippen LogP contribution in [0.5, 0.6) is 0 Å². The van der Waals surface area contributed by atoms with Crippen LogP contribution in [-0.2, 0) is 11.3 Å². The van der Waals surface area contributed by atoms with E-state index in [0.717, 1.165) is 37.6 Å². The molecule has 0 aliphatic heterocycles. The number of halogens is 3. The highest BCUT2D eigenvalue weighted by Crippen LogP contribution is 2.29. The monoisotopic (exact) mass is 379 g/mol. The number of thioether (sulfide) groups is 1. The summed E-state index contributed by atoms with van der Waals surface area (Å²) in [6.07, 6.45) is -2.01. The van der Waals surface area contributed by atoms with Crippen LogP contribution >= 0.6 is 11.8 Å². The quantitative estimate of drug-likeness (QED) is 0.460. The Hall–Kier alpha value is -1.95. The van der Waals surface area contributed by atoms with Crippen molar-refractivity contribution < 1.29 is 18.0 Å². The summed E-state index contributed by atoms with van der Waals surface area (Å²) in [5.74, 6) is -1.54. The lowest BCUT2D eigenvalue weighted by Crippen LogP contribution is -2.24. The molecule has 1 heterocycles. The summed E-state index contributed by atoms with van der Waals surface area (Å²) in [4.78, 5) is 10.8. The van der Waals surface area contributed by atoms with Crippen LogP contribution in [0.3, 0.4) is 0 Å². The fourth-order valence-corrected chi connectivity index (χ4v) is 4.04. The zero-order valence-corrected chi connectivity index (χ0v) is 15.1. The SMILES string of the molecule is O=C(CSCCCCCn1c2ccccc2c2ccccc21)C(F)(F)F. The third kappa shape index (κ3) is 4.23. The Bertz CT molecular complexity index is 848. The van der Waals surface area contributed by atoms with Gasteiger partial charge in [-0.05, 0) is 30.7 Å². The van der Waals surface area contributed by atoms with E-state index in [1.54, 1.807) is 0 Å². The van der Waals surface area contributed by atoms with Gasteiger partial charge in [0, 0.05) is 28.4 Å². The van der Waals surface area contributed by atoms with Crippen molar-refractivity contribution in [1.82, 2.24) is 4.57 Å². The van der Waals surface area contributed by atoms with Crippen molar-refractivity contribution >= 4 is 39.4 Å². The number of unbranched alkanes of at least 4 members (excludes halogenated alkanes) is 2. The number of aromatic nitrogens is 1. The van der Waals surface area contributed by atoms with E-state index < -0.39 is 17.7 Å². The third-order valence-corrected chi connectivity index (χ3v) is 5.44. The summed E-state index contributed by atoms with van der Waals surface area (Å²) in [5, 5.41) is 2.48. The second-order valence-corrected chi connectivity index (χ2v) is 7.33. The highest BCUT2D eigenvalue weighted by atomic mass is 32.2. The molecule has 1 aromatic heterocycles. The molecule has 0 spiro atoms. The predicted molar refractivity (Wildman–Crippen MR) is 102 cm³/mol. The number of hydrogen-bond donors (Lipinski definition) is 0. The molecule has 6 heteroatoms. The number of hydrogen-bond acceptors (Lipinski definition) is 2. The lowest BCUT2D eigenvalue weighted by Gasteiger charge is -2.08. The highest BCUT2D eigenvalue weighted by Gasteiger charge is 2.37. The largest absolute Gasteiger partial charge is 0.450 e. The number of carbonyl (C=O) groups excluding carboxylic acids is 1. The molecule has 26 heavy (non-hydrogen) atoms. The Labute approximate surface area is 154 Å². The summed E-state index contributed by atoms with van der Waals surface area (Å²) in [7, 11) is 0. The second kappa shape index (κ2) is 8.16. The molecule has 0 amide bonds. The first-order chi connectivity index (χ1) is 12.5. The summed E-state index contributed by atoms with van der Waals surface area (Å²) in [6.45, 7) is 0.875. The first kappa shape index (κ1) is 18.8. The summed E-state index contributed by atoms with van der Waals surface area (Å²) in [6, 6.07) is 16.6. The van der Waals surface area contributed by atoms with Gasteiger partial charge in [0.2, 0.25) is 5.78 Å². The number of benzene rings is 2. The minimum absolute atomic E-state index is 0.476. The van der Waals surface area contributed by atoms with Crippen LogP contribution in [0.15, 0.2) is 48.5 Å². The van der Waals surface area contributed by atoms with Crippen LogP contribution in [0.25, 0.3) is 21.8 Å². The van der Waals surface area contributed by atoms with Gasteiger partial charge >= 0.3 is 6.18 Å². The van der Waals surface area contributed by atoms with Crippen LogP contribution in [0, 0.1) is 0 Å². The number of ketones is 1. The summed E-state index contributed by atoms with van der Waals surface area (Å²) < 4.78 is 38.7. The maximum Gasteiger partial charge on any atom is 0.450 e. The van der Waals surface area contributed by atoms with Gasteiger partial charge in [0.15, 0.2) is 0 Å². The van der Waals surface area contributed by atoms with E-state index in [1.807, 2.05) is 24.3 Å². The molecule has 0 N–H and O–H groups in total. The van der Waals surface area contributed by atoms with Gasteiger partial charge in [-0.1, -0.05) is 42.8 Å². The summed E-state index contributed by atoms with van der Waals surface area (Å²) in [5.41, 5.74) is 2.41. The molecular formula is C20H20F3NOS. The third-order valence-electron chi connectivity index (χ3n) is 4.40. The van der Waals surface area contributed by atoms with E-state index in [1.165, 1.54) is 21.8 Å². The van der Waals surface area contributed by atoms with Gasteiger partial charge in [0.1, 0.15) is 0 Å². The van der Waals surface area contributed by atoms with Gasteiger partial charge in [-0.3, -0.25) is 4.79 Å². The number of aryl methyl sites for hydroxylation is 1. The van der Waals surface area contributed by atoms with E-state index in [-0.39, 0.29) is 0 Å². The molecule has 0 unspecified atom stereocenters. The molecule has 0 fully saturated rings. The minimum Gasteiger partial charge on any atom is -0.340 e. The second-order valence-electron chi connectivity index (χ2n) is 6.22. The van der Waals surface area contributed by atoms with Gasteiger partial charge in [0.05, 0.1) is 5.75 Å². The first-order valence-corrected chi connectivity index (χ1v) is 9.77. The molecule has 2 aromatic carbocycles. The number of alkyl halides is 3. The van der Waals surface area contributed by atoms with Crippen molar-refractivity contribution in [2.45, 2.75) is 32.0 Å². The number of fused-ring (bicyclic) bond motifs is 3. The summed E-state index contributed by atoms with van der Waals surface area (Å²) >= 11 is 1.06. The molecule has 3 rings (SSSR count). The first-order valence-electron chi connectivity index (χ1n) is 8.62. The highest BCUT2D eigenvalue weighted by molar-refractivity contribution is 7.99. The molecule has 0 saturated carbocycles. The van der Waals surface area contributed by atoms with Gasteiger partial charge in [-0.25, -0.2) is 0 Å². The fraction of sp³-hybridized carbons (Fsp3) is 0.350. The molecule has 0 aliphatic rings. The van der Waals surface area contributed by atoms with Crippen molar-refractivity contribution in [3.8, 4) is 0 Å². The number of nitrogens with zero attached hydrogens (tertiary/aromatic N) is 1. The van der Waals surface area contributed by atoms with E-state index in [0.29, 0.717) is 5.75 Å². The number of carbonyl (C=O) groups is 1. The van der Waals surface area contributed by atoms with E-state index >= 15 is 0 Å². The van der Waals surface area contributed by atoms with Crippen LogP contribution in [0.4, 0.5) is 13.2 Å². The molecule has 138 valence electrons. The molecule has 0 radical (unpaired) electrons. The Morgan fingerprint density at radius 1 is 0.885 bits per heavy atom. The molecular weight excluding hydrogens is 359 g/mol. The zero-order chi connectivity index (χ0) is 18.6. The topological polar surface area (TPSA) is 22.0 Å².